The molecule has 0 bridgehead atoms. The van der Waals surface area contributed by atoms with Crippen LogP contribution in [0.1, 0.15) is 62.2 Å². The average Bonchev–Trinajstić information content (AvgIpc) is 3.30. The summed E-state index contributed by atoms with van der Waals surface area (Å²) < 4.78 is 6.05. The zero-order valence-electron chi connectivity index (χ0n) is 11.9. The van der Waals surface area contributed by atoms with E-state index in [4.69, 9.17) is 4.74 Å². The number of benzene rings is 1. The van der Waals surface area contributed by atoms with Gasteiger partial charge in [0, 0.05) is 12.6 Å². The Bertz CT molecular complexity index is 413. The zero-order valence-corrected chi connectivity index (χ0v) is 11.9. The molecule has 104 valence electrons. The second-order valence-corrected chi connectivity index (χ2v) is 5.94. The van der Waals surface area contributed by atoms with Crippen LogP contribution in [0.4, 0.5) is 0 Å². The minimum atomic E-state index is 0.305. The van der Waals surface area contributed by atoms with Crippen molar-refractivity contribution in [2.75, 3.05) is 13.2 Å². The van der Waals surface area contributed by atoms with Gasteiger partial charge in [-0.3, -0.25) is 0 Å². The number of ether oxygens (including phenoxy) is 1. The lowest BCUT2D eigenvalue weighted by atomic mass is 9.92. The van der Waals surface area contributed by atoms with Gasteiger partial charge >= 0.3 is 0 Å². The highest BCUT2D eigenvalue weighted by molar-refractivity contribution is 5.35. The molecule has 1 aromatic carbocycles. The van der Waals surface area contributed by atoms with Crippen molar-refractivity contribution in [3.8, 4) is 0 Å². The summed E-state index contributed by atoms with van der Waals surface area (Å²) in [5, 5.41) is 3.66. The lowest BCUT2D eigenvalue weighted by Crippen LogP contribution is -2.36. The molecule has 2 aliphatic rings. The largest absolute Gasteiger partial charge is 0.373 e. The van der Waals surface area contributed by atoms with E-state index in [9.17, 15) is 0 Å². The van der Waals surface area contributed by atoms with E-state index in [0.717, 1.165) is 31.9 Å². The molecule has 1 saturated heterocycles. The fourth-order valence-electron chi connectivity index (χ4n) is 3.12. The molecule has 2 heteroatoms. The molecule has 1 aliphatic heterocycles. The molecule has 1 N–H and O–H groups in total. The van der Waals surface area contributed by atoms with Crippen LogP contribution in [-0.2, 0) is 4.74 Å². The van der Waals surface area contributed by atoms with E-state index in [1.807, 2.05) is 0 Å². The monoisotopic (exact) mass is 259 g/mol. The van der Waals surface area contributed by atoms with Gasteiger partial charge in [-0.1, -0.05) is 31.2 Å². The maximum Gasteiger partial charge on any atom is 0.0842 e. The van der Waals surface area contributed by atoms with E-state index < -0.39 is 0 Å². The summed E-state index contributed by atoms with van der Waals surface area (Å²) in [5.41, 5.74) is 3.00. The van der Waals surface area contributed by atoms with Gasteiger partial charge in [0.2, 0.25) is 0 Å². The van der Waals surface area contributed by atoms with Gasteiger partial charge in [-0.25, -0.2) is 0 Å². The molecular weight excluding hydrogens is 234 g/mol. The standard InChI is InChI=1S/C17H25NO/c1-2-10-18-14-9-11-19-17(12-14)16-6-4-3-5-15(16)13-7-8-13/h3-6,13-14,17-18H,2,7-12H2,1H3. The van der Waals surface area contributed by atoms with Crippen molar-refractivity contribution in [3.63, 3.8) is 0 Å². The Balaban J connectivity index is 1.70. The molecular formula is C17H25NO. The molecule has 1 heterocycles. The Kier molecular flexibility index (Phi) is 4.19. The highest BCUT2D eigenvalue weighted by Crippen LogP contribution is 2.44. The van der Waals surface area contributed by atoms with Gasteiger partial charge in [0.1, 0.15) is 0 Å². The molecule has 0 amide bonds. The van der Waals surface area contributed by atoms with Gasteiger partial charge < -0.3 is 10.1 Å². The summed E-state index contributed by atoms with van der Waals surface area (Å²) in [4.78, 5) is 0. The Labute approximate surface area is 116 Å². The van der Waals surface area contributed by atoms with Gasteiger partial charge in [0.15, 0.2) is 0 Å². The molecule has 0 aromatic heterocycles. The van der Waals surface area contributed by atoms with Crippen LogP contribution in [0, 0.1) is 0 Å². The first-order chi connectivity index (χ1) is 9.38. The second-order valence-electron chi connectivity index (χ2n) is 5.94. The van der Waals surface area contributed by atoms with Crippen LogP contribution in [0.15, 0.2) is 24.3 Å². The van der Waals surface area contributed by atoms with Crippen molar-refractivity contribution >= 4 is 0 Å². The number of hydrogen-bond donors (Lipinski definition) is 1. The Morgan fingerprint density at radius 2 is 1.95 bits per heavy atom. The molecule has 1 saturated carbocycles. The van der Waals surface area contributed by atoms with Crippen LogP contribution < -0.4 is 5.32 Å². The number of rotatable bonds is 5. The van der Waals surface area contributed by atoms with Crippen molar-refractivity contribution in [1.82, 2.24) is 5.32 Å². The normalized spacial score (nSPS) is 27.4. The predicted molar refractivity (Wildman–Crippen MR) is 78.4 cm³/mol. The first kappa shape index (κ1) is 13.1. The number of nitrogens with one attached hydrogen (secondary N) is 1. The van der Waals surface area contributed by atoms with Gasteiger partial charge in [0.05, 0.1) is 6.10 Å². The fraction of sp³-hybridized carbons (Fsp3) is 0.647. The SMILES string of the molecule is CCCNC1CCOC(c2ccccc2C2CC2)C1. The van der Waals surface area contributed by atoms with Crippen molar-refractivity contribution in [3.05, 3.63) is 35.4 Å². The summed E-state index contributed by atoms with van der Waals surface area (Å²) >= 11 is 0. The third kappa shape index (κ3) is 3.18. The van der Waals surface area contributed by atoms with Crippen molar-refractivity contribution < 1.29 is 4.74 Å². The molecule has 1 aromatic rings. The third-order valence-electron chi connectivity index (χ3n) is 4.33. The molecule has 2 nitrogen and oxygen atoms in total. The van der Waals surface area contributed by atoms with E-state index in [1.54, 1.807) is 5.56 Å². The Morgan fingerprint density at radius 1 is 1.16 bits per heavy atom. The van der Waals surface area contributed by atoms with E-state index in [-0.39, 0.29) is 0 Å². The Hall–Kier alpha value is -0.860. The van der Waals surface area contributed by atoms with Gasteiger partial charge in [-0.15, -0.1) is 0 Å². The maximum absolute atomic E-state index is 6.05. The molecule has 2 atom stereocenters. The van der Waals surface area contributed by atoms with Crippen molar-refractivity contribution in [2.24, 2.45) is 0 Å². The van der Waals surface area contributed by atoms with Crippen LogP contribution in [0.5, 0.6) is 0 Å². The predicted octanol–water partition coefficient (Wildman–Crippen LogP) is 3.78. The minimum Gasteiger partial charge on any atom is -0.373 e. The first-order valence-electron chi connectivity index (χ1n) is 7.82. The third-order valence-corrected chi connectivity index (χ3v) is 4.33. The van der Waals surface area contributed by atoms with E-state index >= 15 is 0 Å². The van der Waals surface area contributed by atoms with Gasteiger partial charge in [-0.2, -0.15) is 0 Å². The van der Waals surface area contributed by atoms with E-state index in [0.29, 0.717) is 12.1 Å². The van der Waals surface area contributed by atoms with Crippen LogP contribution in [0.3, 0.4) is 0 Å². The molecule has 0 spiro atoms. The summed E-state index contributed by atoms with van der Waals surface area (Å²) in [5.74, 6) is 0.809. The zero-order chi connectivity index (χ0) is 13.1. The van der Waals surface area contributed by atoms with Crippen molar-refractivity contribution in [1.29, 1.82) is 0 Å². The molecule has 2 fully saturated rings. The molecule has 1 aliphatic carbocycles. The molecule has 0 radical (unpaired) electrons. The van der Waals surface area contributed by atoms with E-state index in [1.165, 1.54) is 24.8 Å². The number of hydrogen-bond acceptors (Lipinski definition) is 2. The summed E-state index contributed by atoms with van der Waals surface area (Å²) in [6.07, 6.45) is 6.52. The lowest BCUT2D eigenvalue weighted by Gasteiger charge is -2.31. The highest BCUT2D eigenvalue weighted by atomic mass is 16.5. The summed E-state index contributed by atoms with van der Waals surface area (Å²) in [6, 6.07) is 9.55. The topological polar surface area (TPSA) is 21.3 Å². The average molecular weight is 259 g/mol. The van der Waals surface area contributed by atoms with Crippen LogP contribution in [0.25, 0.3) is 0 Å². The smallest absolute Gasteiger partial charge is 0.0842 e. The lowest BCUT2D eigenvalue weighted by molar-refractivity contribution is -0.000134. The molecule has 19 heavy (non-hydrogen) atoms. The summed E-state index contributed by atoms with van der Waals surface area (Å²) in [6.45, 7) is 4.25. The van der Waals surface area contributed by atoms with Crippen LogP contribution in [0.2, 0.25) is 0 Å². The minimum absolute atomic E-state index is 0.305. The second kappa shape index (κ2) is 6.06. The van der Waals surface area contributed by atoms with Gasteiger partial charge in [-0.05, 0) is 55.7 Å². The maximum atomic E-state index is 6.05. The van der Waals surface area contributed by atoms with E-state index in [2.05, 4.69) is 36.5 Å². The molecule has 3 rings (SSSR count). The van der Waals surface area contributed by atoms with Crippen LogP contribution >= 0.6 is 0 Å². The summed E-state index contributed by atoms with van der Waals surface area (Å²) in [7, 11) is 0. The highest BCUT2D eigenvalue weighted by Gasteiger charge is 2.30. The van der Waals surface area contributed by atoms with Crippen molar-refractivity contribution in [2.45, 2.75) is 57.1 Å². The molecule has 2 unspecified atom stereocenters. The first-order valence-corrected chi connectivity index (χ1v) is 7.82. The quantitative estimate of drug-likeness (QED) is 0.869. The Morgan fingerprint density at radius 3 is 2.68 bits per heavy atom. The van der Waals surface area contributed by atoms with Crippen LogP contribution in [-0.4, -0.2) is 19.2 Å². The fourth-order valence-corrected chi connectivity index (χ4v) is 3.12. The van der Waals surface area contributed by atoms with Gasteiger partial charge in [0.25, 0.3) is 0 Å².